The van der Waals surface area contributed by atoms with Gasteiger partial charge < -0.3 is 10.0 Å². The Kier molecular flexibility index (Phi) is 6.55. The third-order valence-electron chi connectivity index (χ3n) is 5.53. The molecule has 1 fully saturated rings. The topological polar surface area (TPSA) is 86.7 Å². The molecule has 1 saturated heterocycles. The largest absolute Gasteiger partial charge is 0.381 e. The summed E-state index contributed by atoms with van der Waals surface area (Å²) in [5, 5.41) is 10.2. The molecule has 1 aliphatic heterocycles. The normalized spacial score (nSPS) is 19.6. The van der Waals surface area contributed by atoms with Gasteiger partial charge in [-0.3, -0.25) is 4.79 Å². The first kappa shape index (κ1) is 23.4. The number of rotatable bonds is 6. The Labute approximate surface area is 183 Å². The van der Waals surface area contributed by atoms with Crippen LogP contribution >= 0.6 is 0 Å². The van der Waals surface area contributed by atoms with Crippen LogP contribution in [-0.4, -0.2) is 54.8 Å². The van der Waals surface area contributed by atoms with Crippen molar-refractivity contribution >= 4 is 15.9 Å². The third kappa shape index (κ3) is 5.50. The van der Waals surface area contributed by atoms with Crippen molar-refractivity contribution in [3.8, 4) is 11.1 Å². The molecular weight excluding hydrogens is 419 g/mol. The van der Waals surface area contributed by atoms with E-state index in [-0.39, 0.29) is 13.0 Å². The highest BCUT2D eigenvalue weighted by atomic mass is 32.2. The van der Waals surface area contributed by atoms with Gasteiger partial charge in [-0.1, -0.05) is 48.0 Å². The number of aliphatic hydroxyl groups is 1. The Bertz CT molecular complexity index is 1080. The van der Waals surface area contributed by atoms with E-state index in [0.29, 0.717) is 17.5 Å². The molecule has 8 heteroatoms. The number of halogens is 1. The maximum absolute atomic E-state index is 15.5. The molecule has 0 aliphatic carbocycles. The molecule has 168 valence electrons. The molecule has 2 aromatic carbocycles. The van der Waals surface area contributed by atoms with Gasteiger partial charge in [0.15, 0.2) is 0 Å². The summed E-state index contributed by atoms with van der Waals surface area (Å²) < 4.78 is 41.8. The number of amides is 1. The number of nitrogens with zero attached hydrogens (tertiary/aromatic N) is 1. The maximum atomic E-state index is 15.5. The Hall–Kier alpha value is -2.29. The molecule has 0 spiro atoms. The number of nitrogens with one attached hydrogen (secondary N) is 1. The summed E-state index contributed by atoms with van der Waals surface area (Å²) in [5.74, 6) is -0.903. The smallest absolute Gasteiger partial charge is 0.254 e. The molecule has 1 aliphatic rings. The van der Waals surface area contributed by atoms with Crippen LogP contribution in [0.25, 0.3) is 11.1 Å². The second-order valence-electron chi connectivity index (χ2n) is 8.76. The van der Waals surface area contributed by atoms with Gasteiger partial charge in [-0.25, -0.2) is 17.5 Å². The van der Waals surface area contributed by atoms with Gasteiger partial charge in [-0.2, -0.15) is 0 Å². The minimum atomic E-state index is -3.53. The standard InChI is InChI=1S/C23H29FN2O4S/c1-15-7-5-8-16(13-15)18-10-6-9-17(21(18)24)14-20-19(25-31(4,29)30)11-12-26(20)22(27)23(2,3)28/h5-10,13,19-20,25,28H,11-12,14H2,1-4H3/t19-,20-/m0/s1. The lowest BCUT2D eigenvalue weighted by Gasteiger charge is -2.32. The van der Waals surface area contributed by atoms with E-state index in [1.165, 1.54) is 18.7 Å². The van der Waals surface area contributed by atoms with Crippen molar-refractivity contribution in [2.24, 2.45) is 0 Å². The van der Waals surface area contributed by atoms with E-state index in [1.807, 2.05) is 31.2 Å². The highest BCUT2D eigenvalue weighted by Gasteiger charge is 2.42. The zero-order valence-corrected chi connectivity index (χ0v) is 19.0. The molecule has 2 atom stereocenters. The van der Waals surface area contributed by atoms with Gasteiger partial charge in [-0.15, -0.1) is 0 Å². The van der Waals surface area contributed by atoms with E-state index < -0.39 is 39.4 Å². The van der Waals surface area contributed by atoms with E-state index in [1.54, 1.807) is 18.2 Å². The maximum Gasteiger partial charge on any atom is 0.254 e. The Balaban J connectivity index is 1.98. The summed E-state index contributed by atoms with van der Waals surface area (Å²) in [6.45, 7) is 5.00. The fourth-order valence-electron chi connectivity index (χ4n) is 4.12. The van der Waals surface area contributed by atoms with Crippen molar-refractivity contribution in [1.29, 1.82) is 0 Å². The summed E-state index contributed by atoms with van der Waals surface area (Å²) in [6, 6.07) is 11.5. The predicted octanol–water partition coefficient (Wildman–Crippen LogP) is 2.63. The Morgan fingerprint density at radius 2 is 1.94 bits per heavy atom. The quantitative estimate of drug-likeness (QED) is 0.711. The first-order valence-corrected chi connectivity index (χ1v) is 12.1. The van der Waals surface area contributed by atoms with E-state index in [2.05, 4.69) is 4.72 Å². The van der Waals surface area contributed by atoms with Crippen LogP contribution < -0.4 is 4.72 Å². The van der Waals surface area contributed by atoms with Gasteiger partial charge in [0, 0.05) is 18.2 Å². The van der Waals surface area contributed by atoms with Gasteiger partial charge in [0.2, 0.25) is 10.0 Å². The zero-order chi connectivity index (χ0) is 23.0. The van der Waals surface area contributed by atoms with Gasteiger partial charge in [-0.05, 0) is 44.7 Å². The van der Waals surface area contributed by atoms with E-state index >= 15 is 4.39 Å². The molecule has 2 aromatic rings. The number of sulfonamides is 1. The monoisotopic (exact) mass is 448 g/mol. The number of carbonyl (C=O) groups excluding carboxylic acids is 1. The Morgan fingerprint density at radius 3 is 2.55 bits per heavy atom. The number of hydrogen-bond donors (Lipinski definition) is 2. The van der Waals surface area contributed by atoms with Crippen LogP contribution in [0.4, 0.5) is 4.39 Å². The van der Waals surface area contributed by atoms with Crippen LogP contribution in [0, 0.1) is 12.7 Å². The van der Waals surface area contributed by atoms with Gasteiger partial charge in [0.25, 0.3) is 5.91 Å². The van der Waals surface area contributed by atoms with Crippen LogP contribution in [0.2, 0.25) is 0 Å². The van der Waals surface area contributed by atoms with Crippen LogP contribution in [0.15, 0.2) is 42.5 Å². The van der Waals surface area contributed by atoms with Gasteiger partial charge in [0.05, 0.1) is 12.3 Å². The fraction of sp³-hybridized carbons (Fsp3) is 0.435. The molecule has 0 aromatic heterocycles. The number of benzene rings is 2. The van der Waals surface area contributed by atoms with Crippen LogP contribution in [0.3, 0.4) is 0 Å². The van der Waals surface area contributed by atoms with Crippen LogP contribution in [0.5, 0.6) is 0 Å². The minimum Gasteiger partial charge on any atom is -0.381 e. The van der Waals surface area contributed by atoms with E-state index in [4.69, 9.17) is 0 Å². The summed E-state index contributed by atoms with van der Waals surface area (Å²) in [4.78, 5) is 14.3. The highest BCUT2D eigenvalue weighted by molar-refractivity contribution is 7.88. The lowest BCUT2D eigenvalue weighted by molar-refractivity contribution is -0.148. The van der Waals surface area contributed by atoms with Crippen LogP contribution in [-0.2, 0) is 21.2 Å². The van der Waals surface area contributed by atoms with Crippen molar-refractivity contribution in [1.82, 2.24) is 9.62 Å². The molecule has 1 amide bonds. The minimum absolute atomic E-state index is 0.125. The second kappa shape index (κ2) is 8.68. The number of carbonyl (C=O) groups is 1. The highest BCUT2D eigenvalue weighted by Crippen LogP contribution is 2.30. The fourth-order valence-corrected chi connectivity index (χ4v) is 4.95. The number of likely N-dealkylation sites (tertiary alicyclic amines) is 1. The first-order chi connectivity index (χ1) is 14.4. The SMILES string of the molecule is Cc1cccc(-c2cccc(C[C@H]3[C@@H](NS(C)(=O)=O)CCN3C(=O)C(C)(C)O)c2F)c1. The molecule has 31 heavy (non-hydrogen) atoms. The first-order valence-electron chi connectivity index (χ1n) is 10.2. The summed E-state index contributed by atoms with van der Waals surface area (Å²) in [5.41, 5.74) is 0.991. The molecule has 2 N–H and O–H groups in total. The average molecular weight is 449 g/mol. The molecular formula is C23H29FN2O4S. The average Bonchev–Trinajstić information content (AvgIpc) is 3.02. The van der Waals surface area contributed by atoms with Crippen molar-refractivity contribution in [3.63, 3.8) is 0 Å². The van der Waals surface area contributed by atoms with Crippen molar-refractivity contribution in [2.75, 3.05) is 12.8 Å². The van der Waals surface area contributed by atoms with E-state index in [0.717, 1.165) is 17.4 Å². The molecule has 1 heterocycles. The summed E-state index contributed by atoms with van der Waals surface area (Å²) in [6.07, 6.45) is 1.57. The summed E-state index contributed by atoms with van der Waals surface area (Å²) in [7, 11) is -3.53. The van der Waals surface area contributed by atoms with Gasteiger partial charge in [0.1, 0.15) is 11.4 Å². The van der Waals surface area contributed by atoms with E-state index in [9.17, 15) is 18.3 Å². The third-order valence-corrected chi connectivity index (χ3v) is 6.26. The number of hydrogen-bond acceptors (Lipinski definition) is 4. The molecule has 0 radical (unpaired) electrons. The van der Waals surface area contributed by atoms with Crippen molar-refractivity contribution in [2.45, 2.75) is 51.3 Å². The molecule has 3 rings (SSSR count). The zero-order valence-electron chi connectivity index (χ0n) is 18.2. The molecule has 6 nitrogen and oxygen atoms in total. The molecule has 0 saturated carbocycles. The summed E-state index contributed by atoms with van der Waals surface area (Å²) >= 11 is 0. The van der Waals surface area contributed by atoms with Crippen molar-refractivity contribution in [3.05, 3.63) is 59.4 Å². The second-order valence-corrected chi connectivity index (χ2v) is 10.5. The predicted molar refractivity (Wildman–Crippen MR) is 118 cm³/mol. The Morgan fingerprint density at radius 1 is 1.26 bits per heavy atom. The van der Waals surface area contributed by atoms with Crippen molar-refractivity contribution < 1.29 is 22.7 Å². The lowest BCUT2D eigenvalue weighted by Crippen LogP contribution is -2.52. The molecule has 0 bridgehead atoms. The van der Waals surface area contributed by atoms with Crippen LogP contribution in [0.1, 0.15) is 31.4 Å². The van der Waals surface area contributed by atoms with Gasteiger partial charge >= 0.3 is 0 Å². The number of aryl methyl sites for hydroxylation is 1. The lowest BCUT2D eigenvalue weighted by atomic mass is 9.95. The molecule has 0 unspecified atom stereocenters.